The fourth-order valence-corrected chi connectivity index (χ4v) is 2.47. The van der Waals surface area contributed by atoms with Crippen LogP contribution in [0.1, 0.15) is 23.2 Å². The highest BCUT2D eigenvalue weighted by molar-refractivity contribution is 5.96. The van der Waals surface area contributed by atoms with Crippen molar-refractivity contribution in [2.75, 3.05) is 26.7 Å². The molecule has 1 aromatic carbocycles. The fraction of sp³-hybridized carbons (Fsp3) is 0.438. The zero-order chi connectivity index (χ0) is 17.7. The highest BCUT2D eigenvalue weighted by Gasteiger charge is 2.40. The van der Waals surface area contributed by atoms with Crippen LogP contribution in [0.3, 0.4) is 0 Å². The number of likely N-dealkylation sites (tertiary alicyclic amines) is 1. The van der Waals surface area contributed by atoms with Gasteiger partial charge in [-0.25, -0.2) is 4.79 Å². The first-order chi connectivity index (χ1) is 11.4. The number of carboxylic acid groups (broad SMARTS) is 1. The average molecular weight is 336 g/mol. The minimum Gasteiger partial charge on any atom is -0.497 e. The van der Waals surface area contributed by atoms with Gasteiger partial charge in [-0.1, -0.05) is 6.07 Å². The Balaban J connectivity index is 1.85. The van der Waals surface area contributed by atoms with Crippen molar-refractivity contribution in [3.05, 3.63) is 29.8 Å². The Kier molecular flexibility index (Phi) is 5.40. The van der Waals surface area contributed by atoms with Gasteiger partial charge in [-0.3, -0.25) is 9.59 Å². The van der Waals surface area contributed by atoms with Gasteiger partial charge in [0.25, 0.3) is 5.91 Å². The van der Waals surface area contributed by atoms with Gasteiger partial charge >= 0.3 is 5.97 Å². The maximum atomic E-state index is 12.1. The zero-order valence-electron chi connectivity index (χ0n) is 13.3. The molecule has 0 radical (unpaired) electrons. The van der Waals surface area contributed by atoms with E-state index in [9.17, 15) is 19.5 Å². The molecule has 2 amide bonds. The van der Waals surface area contributed by atoms with Crippen molar-refractivity contribution in [1.29, 1.82) is 0 Å². The van der Waals surface area contributed by atoms with Crippen LogP contribution in [-0.4, -0.2) is 65.2 Å². The number of nitrogens with one attached hydrogen (secondary N) is 1. The van der Waals surface area contributed by atoms with Crippen LogP contribution in [0, 0.1) is 0 Å². The minimum atomic E-state index is -1.78. The third-order valence-electron chi connectivity index (χ3n) is 4.07. The van der Waals surface area contributed by atoms with Crippen molar-refractivity contribution in [1.82, 2.24) is 10.2 Å². The van der Waals surface area contributed by atoms with Crippen LogP contribution in [0.15, 0.2) is 24.3 Å². The first-order valence-electron chi connectivity index (χ1n) is 7.51. The minimum absolute atomic E-state index is 0.0299. The second kappa shape index (κ2) is 7.31. The van der Waals surface area contributed by atoms with Gasteiger partial charge < -0.3 is 25.2 Å². The van der Waals surface area contributed by atoms with Crippen molar-refractivity contribution >= 4 is 17.8 Å². The summed E-state index contributed by atoms with van der Waals surface area (Å²) in [5, 5.41) is 21.3. The Morgan fingerprint density at radius 2 is 1.96 bits per heavy atom. The first-order valence-corrected chi connectivity index (χ1v) is 7.51. The third-order valence-corrected chi connectivity index (χ3v) is 4.07. The number of carboxylic acids is 1. The number of methoxy groups -OCH3 is 1. The molecular weight excluding hydrogens is 316 g/mol. The molecular formula is C16H20N2O6. The van der Waals surface area contributed by atoms with Gasteiger partial charge in [0.05, 0.1) is 13.7 Å². The van der Waals surface area contributed by atoms with Gasteiger partial charge in [0.15, 0.2) is 5.60 Å². The number of hydrogen-bond donors (Lipinski definition) is 3. The molecule has 0 aliphatic carbocycles. The Bertz CT molecular complexity index is 637. The standard InChI is InChI=1S/C16H20N2O6/c1-24-12-4-2-3-11(9-12)14(20)17-10-13(19)18-7-5-16(23,6-8-18)15(21)22/h2-4,9,23H,5-8,10H2,1H3,(H,17,20)(H,21,22). The molecule has 24 heavy (non-hydrogen) atoms. The lowest BCUT2D eigenvalue weighted by Crippen LogP contribution is -2.52. The number of carbonyl (C=O) groups excluding carboxylic acids is 2. The summed E-state index contributed by atoms with van der Waals surface area (Å²) < 4.78 is 5.04. The van der Waals surface area contributed by atoms with Crippen LogP contribution in [-0.2, 0) is 9.59 Å². The normalized spacial score (nSPS) is 16.3. The van der Waals surface area contributed by atoms with Gasteiger partial charge in [-0.2, -0.15) is 0 Å². The van der Waals surface area contributed by atoms with E-state index in [0.717, 1.165) is 0 Å². The lowest BCUT2D eigenvalue weighted by atomic mass is 9.91. The molecule has 0 aromatic heterocycles. The van der Waals surface area contributed by atoms with E-state index in [-0.39, 0.29) is 38.4 Å². The molecule has 0 saturated carbocycles. The summed E-state index contributed by atoms with van der Waals surface area (Å²) in [6.45, 7) is 0.0782. The number of benzene rings is 1. The lowest BCUT2D eigenvalue weighted by molar-refractivity contribution is -0.165. The van der Waals surface area contributed by atoms with Crippen LogP contribution in [0.25, 0.3) is 0 Å². The molecule has 1 aromatic rings. The maximum absolute atomic E-state index is 12.1. The summed E-state index contributed by atoms with van der Waals surface area (Å²) in [6.07, 6.45) is -0.0597. The topological polar surface area (TPSA) is 116 Å². The number of aliphatic carboxylic acids is 1. The molecule has 3 N–H and O–H groups in total. The van der Waals surface area contributed by atoms with Gasteiger partial charge in [0.1, 0.15) is 5.75 Å². The largest absolute Gasteiger partial charge is 0.497 e. The summed E-state index contributed by atoms with van der Waals surface area (Å²) in [4.78, 5) is 36.5. The van der Waals surface area contributed by atoms with Crippen molar-refractivity contribution < 1.29 is 29.3 Å². The number of carbonyl (C=O) groups is 3. The van der Waals surface area contributed by atoms with Crippen molar-refractivity contribution in [3.63, 3.8) is 0 Å². The first kappa shape index (κ1) is 17.7. The summed E-state index contributed by atoms with van der Waals surface area (Å²) in [7, 11) is 1.50. The molecule has 8 heteroatoms. The second-order valence-electron chi connectivity index (χ2n) is 5.63. The van der Waals surface area contributed by atoms with Crippen LogP contribution < -0.4 is 10.1 Å². The van der Waals surface area contributed by atoms with E-state index in [1.807, 2.05) is 0 Å². The maximum Gasteiger partial charge on any atom is 0.335 e. The van der Waals surface area contributed by atoms with Crippen LogP contribution in [0.4, 0.5) is 0 Å². The molecule has 0 atom stereocenters. The highest BCUT2D eigenvalue weighted by atomic mass is 16.5. The molecule has 1 saturated heterocycles. The highest BCUT2D eigenvalue weighted by Crippen LogP contribution is 2.22. The molecule has 2 rings (SSSR count). The number of amides is 2. The van der Waals surface area contributed by atoms with E-state index in [4.69, 9.17) is 9.84 Å². The van der Waals surface area contributed by atoms with Gasteiger partial charge in [0.2, 0.25) is 5.91 Å². The summed E-state index contributed by atoms with van der Waals surface area (Å²) in [5.74, 6) is -1.46. The van der Waals surface area contributed by atoms with E-state index in [0.29, 0.717) is 11.3 Å². The van der Waals surface area contributed by atoms with Crippen molar-refractivity contribution in [3.8, 4) is 5.75 Å². The smallest absolute Gasteiger partial charge is 0.335 e. The Morgan fingerprint density at radius 1 is 1.29 bits per heavy atom. The van der Waals surface area contributed by atoms with Crippen LogP contribution in [0.2, 0.25) is 0 Å². The number of hydrogen-bond acceptors (Lipinski definition) is 5. The third kappa shape index (κ3) is 4.02. The van der Waals surface area contributed by atoms with Gasteiger partial charge in [-0.05, 0) is 18.2 Å². The number of rotatable bonds is 5. The van der Waals surface area contributed by atoms with E-state index in [2.05, 4.69) is 5.32 Å². The predicted octanol–water partition coefficient (Wildman–Crippen LogP) is -0.137. The molecule has 1 aliphatic heterocycles. The summed E-state index contributed by atoms with van der Waals surface area (Å²) >= 11 is 0. The molecule has 8 nitrogen and oxygen atoms in total. The molecule has 130 valence electrons. The van der Waals surface area contributed by atoms with E-state index in [1.165, 1.54) is 12.0 Å². The van der Waals surface area contributed by atoms with E-state index in [1.54, 1.807) is 24.3 Å². The predicted molar refractivity (Wildman–Crippen MR) is 83.7 cm³/mol. The Hall–Kier alpha value is -2.61. The number of piperidine rings is 1. The molecule has 0 unspecified atom stereocenters. The average Bonchev–Trinajstić information content (AvgIpc) is 2.59. The van der Waals surface area contributed by atoms with Crippen LogP contribution in [0.5, 0.6) is 5.75 Å². The van der Waals surface area contributed by atoms with Crippen molar-refractivity contribution in [2.45, 2.75) is 18.4 Å². The second-order valence-corrected chi connectivity index (χ2v) is 5.63. The fourth-order valence-electron chi connectivity index (χ4n) is 2.47. The SMILES string of the molecule is COc1cccc(C(=O)NCC(=O)N2CCC(O)(C(=O)O)CC2)c1. The Labute approximate surface area is 139 Å². The van der Waals surface area contributed by atoms with E-state index < -0.39 is 17.5 Å². The number of ether oxygens (including phenoxy) is 1. The zero-order valence-corrected chi connectivity index (χ0v) is 13.3. The van der Waals surface area contributed by atoms with E-state index >= 15 is 0 Å². The molecule has 1 fully saturated rings. The quantitative estimate of drug-likeness (QED) is 0.689. The monoisotopic (exact) mass is 336 g/mol. The Morgan fingerprint density at radius 3 is 2.54 bits per heavy atom. The lowest BCUT2D eigenvalue weighted by Gasteiger charge is -2.35. The van der Waals surface area contributed by atoms with Crippen LogP contribution >= 0.6 is 0 Å². The van der Waals surface area contributed by atoms with Gasteiger partial charge in [0, 0.05) is 31.5 Å². The molecule has 0 spiro atoms. The molecule has 0 bridgehead atoms. The van der Waals surface area contributed by atoms with Gasteiger partial charge in [-0.15, -0.1) is 0 Å². The number of nitrogens with zero attached hydrogens (tertiary/aromatic N) is 1. The molecule has 1 heterocycles. The molecule has 1 aliphatic rings. The number of aliphatic hydroxyl groups is 1. The summed E-state index contributed by atoms with van der Waals surface area (Å²) in [6, 6.07) is 6.55. The van der Waals surface area contributed by atoms with Crippen molar-refractivity contribution in [2.24, 2.45) is 0 Å². The summed E-state index contributed by atoms with van der Waals surface area (Å²) in [5.41, 5.74) is -1.40.